The molecule has 18 heavy (non-hydrogen) atoms. The molecule has 0 radical (unpaired) electrons. The maximum atomic E-state index is 4.06. The summed E-state index contributed by atoms with van der Waals surface area (Å²) in [5.41, 5.74) is 2.63. The summed E-state index contributed by atoms with van der Waals surface area (Å²) in [6.07, 6.45) is 1.03. The Morgan fingerprint density at radius 2 is 1.94 bits per heavy atom. The number of nitrogens with one attached hydrogen (secondary N) is 1. The highest BCUT2D eigenvalue weighted by Gasteiger charge is 2.07. The van der Waals surface area contributed by atoms with Crippen LogP contribution in [0.15, 0.2) is 24.3 Å². The lowest BCUT2D eigenvalue weighted by Crippen LogP contribution is -2.17. The van der Waals surface area contributed by atoms with Crippen molar-refractivity contribution in [1.82, 2.24) is 25.5 Å². The number of benzene rings is 1. The zero-order chi connectivity index (χ0) is 12.8. The van der Waals surface area contributed by atoms with Crippen molar-refractivity contribution in [3.05, 3.63) is 41.2 Å². The van der Waals surface area contributed by atoms with Gasteiger partial charge in [0.05, 0.1) is 13.1 Å². The molecule has 96 valence electrons. The fourth-order valence-corrected chi connectivity index (χ4v) is 1.93. The number of hydrogen-bond donors (Lipinski definition) is 1. The lowest BCUT2D eigenvalue weighted by atomic mass is 10.1. The van der Waals surface area contributed by atoms with Crippen LogP contribution in [-0.4, -0.2) is 26.8 Å². The van der Waals surface area contributed by atoms with Gasteiger partial charge in [0.15, 0.2) is 5.82 Å². The first kappa shape index (κ1) is 12.7. The molecule has 0 bridgehead atoms. The van der Waals surface area contributed by atoms with Crippen molar-refractivity contribution in [2.45, 2.75) is 33.4 Å². The van der Waals surface area contributed by atoms with Crippen molar-refractivity contribution in [2.24, 2.45) is 0 Å². The fraction of sp³-hybridized carbons (Fsp3) is 0.462. The van der Waals surface area contributed by atoms with Crippen molar-refractivity contribution in [3.63, 3.8) is 0 Å². The number of aromatic nitrogens is 4. The molecular weight excluding hydrogens is 226 g/mol. The van der Waals surface area contributed by atoms with E-state index in [0.29, 0.717) is 6.54 Å². The molecule has 0 unspecified atom stereocenters. The van der Waals surface area contributed by atoms with Crippen LogP contribution in [0.1, 0.15) is 30.8 Å². The third kappa shape index (κ3) is 2.92. The first-order valence-electron chi connectivity index (χ1n) is 6.37. The van der Waals surface area contributed by atoms with Gasteiger partial charge in [-0.05, 0) is 34.5 Å². The van der Waals surface area contributed by atoms with Gasteiger partial charge in [-0.1, -0.05) is 38.1 Å². The van der Waals surface area contributed by atoms with Crippen LogP contribution in [0, 0.1) is 0 Å². The number of aryl methyl sites for hydroxylation is 1. The predicted molar refractivity (Wildman–Crippen MR) is 70.1 cm³/mol. The fourth-order valence-electron chi connectivity index (χ4n) is 1.93. The summed E-state index contributed by atoms with van der Waals surface area (Å²) >= 11 is 0. The zero-order valence-electron chi connectivity index (χ0n) is 10.9. The van der Waals surface area contributed by atoms with Gasteiger partial charge in [-0.3, -0.25) is 0 Å². The van der Waals surface area contributed by atoms with Crippen LogP contribution in [-0.2, 0) is 19.5 Å². The van der Waals surface area contributed by atoms with Crippen LogP contribution in [0.5, 0.6) is 0 Å². The van der Waals surface area contributed by atoms with E-state index in [9.17, 15) is 0 Å². The molecule has 0 amide bonds. The van der Waals surface area contributed by atoms with E-state index in [1.54, 1.807) is 0 Å². The first-order chi connectivity index (χ1) is 8.85. The number of tetrazole rings is 1. The predicted octanol–water partition coefficient (Wildman–Crippen LogP) is 1.39. The maximum Gasteiger partial charge on any atom is 0.165 e. The second-order valence-electron chi connectivity index (χ2n) is 4.16. The molecule has 0 aliphatic carbocycles. The smallest absolute Gasteiger partial charge is 0.165 e. The van der Waals surface area contributed by atoms with Crippen LogP contribution >= 0.6 is 0 Å². The molecule has 0 aliphatic rings. The van der Waals surface area contributed by atoms with Crippen LogP contribution in [0.2, 0.25) is 0 Å². The van der Waals surface area contributed by atoms with Gasteiger partial charge >= 0.3 is 0 Å². The molecule has 0 atom stereocenters. The quantitative estimate of drug-likeness (QED) is 0.835. The van der Waals surface area contributed by atoms with E-state index in [0.717, 1.165) is 25.3 Å². The first-order valence-corrected chi connectivity index (χ1v) is 6.37. The second kappa shape index (κ2) is 6.26. The summed E-state index contributed by atoms with van der Waals surface area (Å²) in [6.45, 7) is 6.59. The molecule has 2 rings (SSSR count). The van der Waals surface area contributed by atoms with Crippen LogP contribution in [0.4, 0.5) is 0 Å². The Hall–Kier alpha value is -1.75. The molecule has 0 fully saturated rings. The van der Waals surface area contributed by atoms with E-state index in [-0.39, 0.29) is 0 Å². The van der Waals surface area contributed by atoms with E-state index < -0.39 is 0 Å². The minimum absolute atomic E-state index is 0.706. The van der Waals surface area contributed by atoms with Crippen molar-refractivity contribution in [2.75, 3.05) is 6.54 Å². The molecule has 1 aromatic heterocycles. The van der Waals surface area contributed by atoms with Crippen LogP contribution in [0.3, 0.4) is 0 Å². The Morgan fingerprint density at radius 3 is 2.67 bits per heavy atom. The molecule has 5 nitrogen and oxygen atoms in total. The van der Waals surface area contributed by atoms with Gasteiger partial charge in [-0.25, -0.2) is 4.68 Å². The highest BCUT2D eigenvalue weighted by atomic mass is 15.5. The summed E-state index contributed by atoms with van der Waals surface area (Å²) in [7, 11) is 0. The third-order valence-electron chi connectivity index (χ3n) is 2.96. The van der Waals surface area contributed by atoms with E-state index in [4.69, 9.17) is 0 Å². The highest BCUT2D eigenvalue weighted by Crippen LogP contribution is 2.11. The van der Waals surface area contributed by atoms with Crippen LogP contribution < -0.4 is 5.32 Å². The topological polar surface area (TPSA) is 55.6 Å². The molecule has 0 saturated heterocycles. The number of rotatable bonds is 6. The summed E-state index contributed by atoms with van der Waals surface area (Å²) in [6, 6.07) is 8.42. The Bertz CT molecular complexity index is 492. The monoisotopic (exact) mass is 245 g/mol. The minimum Gasteiger partial charge on any atom is -0.310 e. The molecule has 1 N–H and O–H groups in total. The Balaban J connectivity index is 2.15. The third-order valence-corrected chi connectivity index (χ3v) is 2.96. The SMILES string of the molecule is CCNCc1nnnn1Cc1ccccc1CC. The van der Waals surface area contributed by atoms with Crippen molar-refractivity contribution in [1.29, 1.82) is 0 Å². The van der Waals surface area contributed by atoms with Crippen LogP contribution in [0.25, 0.3) is 0 Å². The highest BCUT2D eigenvalue weighted by molar-refractivity contribution is 5.27. The van der Waals surface area contributed by atoms with E-state index in [2.05, 4.69) is 59.0 Å². The summed E-state index contributed by atoms with van der Waals surface area (Å²) in [5.74, 6) is 0.878. The Kier molecular flexibility index (Phi) is 4.41. The van der Waals surface area contributed by atoms with Gasteiger partial charge < -0.3 is 5.32 Å². The molecule has 2 aromatic rings. The molecule has 0 saturated carbocycles. The largest absolute Gasteiger partial charge is 0.310 e. The number of hydrogen-bond acceptors (Lipinski definition) is 4. The number of nitrogens with zero attached hydrogens (tertiary/aromatic N) is 4. The zero-order valence-corrected chi connectivity index (χ0v) is 10.9. The Labute approximate surface area is 107 Å². The summed E-state index contributed by atoms with van der Waals surface area (Å²) in [5, 5.41) is 15.1. The van der Waals surface area contributed by atoms with Crippen molar-refractivity contribution in [3.8, 4) is 0 Å². The Morgan fingerprint density at radius 1 is 1.17 bits per heavy atom. The van der Waals surface area contributed by atoms with Gasteiger partial charge in [-0.15, -0.1) is 5.10 Å². The average molecular weight is 245 g/mol. The van der Waals surface area contributed by atoms with E-state index in [1.807, 2.05) is 4.68 Å². The molecular formula is C13H19N5. The molecule has 1 heterocycles. The molecule has 0 aliphatic heterocycles. The van der Waals surface area contributed by atoms with Gasteiger partial charge in [0.25, 0.3) is 0 Å². The second-order valence-corrected chi connectivity index (χ2v) is 4.16. The van der Waals surface area contributed by atoms with Crippen molar-refractivity contribution < 1.29 is 0 Å². The van der Waals surface area contributed by atoms with Gasteiger partial charge in [0, 0.05) is 0 Å². The standard InChI is InChI=1S/C13H19N5/c1-3-11-7-5-6-8-12(11)10-18-13(9-14-4-2)15-16-17-18/h5-8,14H,3-4,9-10H2,1-2H3. The van der Waals surface area contributed by atoms with E-state index >= 15 is 0 Å². The lowest BCUT2D eigenvalue weighted by molar-refractivity contribution is 0.586. The average Bonchev–Trinajstić information content (AvgIpc) is 2.84. The normalized spacial score (nSPS) is 10.8. The summed E-state index contributed by atoms with van der Waals surface area (Å²) < 4.78 is 1.86. The molecule has 1 aromatic carbocycles. The minimum atomic E-state index is 0.706. The maximum absolute atomic E-state index is 4.06. The van der Waals surface area contributed by atoms with Gasteiger partial charge in [0.2, 0.25) is 0 Å². The lowest BCUT2D eigenvalue weighted by Gasteiger charge is -2.09. The molecule has 5 heteroatoms. The van der Waals surface area contributed by atoms with E-state index in [1.165, 1.54) is 11.1 Å². The van der Waals surface area contributed by atoms with Crippen molar-refractivity contribution >= 4 is 0 Å². The van der Waals surface area contributed by atoms with Gasteiger partial charge in [-0.2, -0.15) is 0 Å². The van der Waals surface area contributed by atoms with Gasteiger partial charge in [0.1, 0.15) is 0 Å². The molecule has 0 spiro atoms. The summed E-state index contributed by atoms with van der Waals surface area (Å²) in [4.78, 5) is 0.